The van der Waals surface area contributed by atoms with Gasteiger partial charge in [-0.3, -0.25) is 0 Å². The van der Waals surface area contributed by atoms with Gasteiger partial charge < -0.3 is 15.3 Å². The zero-order valence-corrected chi connectivity index (χ0v) is 12.5. The van der Waals surface area contributed by atoms with Crippen LogP contribution in [0.5, 0.6) is 0 Å². The number of hydrogen-bond donors (Lipinski definition) is 2. The fourth-order valence-electron chi connectivity index (χ4n) is 3.58. The van der Waals surface area contributed by atoms with Crippen LogP contribution in [0.4, 0.5) is 4.79 Å². The summed E-state index contributed by atoms with van der Waals surface area (Å²) in [5, 5.41) is 12.3. The molecule has 0 bridgehead atoms. The lowest BCUT2D eigenvalue weighted by Gasteiger charge is -2.32. The predicted octanol–water partition coefficient (Wildman–Crippen LogP) is 2.46. The lowest BCUT2D eigenvalue weighted by atomic mass is 9.82. The number of aliphatic carboxylic acids is 1. The summed E-state index contributed by atoms with van der Waals surface area (Å²) < 4.78 is 0. The Hall–Kier alpha value is -1.26. The summed E-state index contributed by atoms with van der Waals surface area (Å²) in [7, 11) is 0. The van der Waals surface area contributed by atoms with Crippen molar-refractivity contribution in [3.8, 4) is 0 Å². The number of nitrogens with zero attached hydrogens (tertiary/aromatic N) is 1. The Bertz CT molecular complexity index is 385. The number of rotatable bonds is 3. The van der Waals surface area contributed by atoms with Crippen LogP contribution in [0.3, 0.4) is 0 Å². The molecule has 5 nitrogen and oxygen atoms in total. The van der Waals surface area contributed by atoms with Crippen molar-refractivity contribution in [1.82, 2.24) is 10.2 Å². The largest absolute Gasteiger partial charge is 0.480 e. The lowest BCUT2D eigenvalue weighted by Crippen LogP contribution is -2.54. The average molecular weight is 282 g/mol. The van der Waals surface area contributed by atoms with Gasteiger partial charge in [0, 0.05) is 13.1 Å². The summed E-state index contributed by atoms with van der Waals surface area (Å²) in [6.45, 7) is 5.12. The number of carbonyl (C=O) groups is 2. The quantitative estimate of drug-likeness (QED) is 0.835. The summed E-state index contributed by atoms with van der Waals surface area (Å²) in [5.41, 5.74) is -1.04. The summed E-state index contributed by atoms with van der Waals surface area (Å²) >= 11 is 0. The van der Waals surface area contributed by atoms with Crippen LogP contribution < -0.4 is 5.32 Å². The van der Waals surface area contributed by atoms with Gasteiger partial charge in [-0.1, -0.05) is 19.8 Å². The van der Waals surface area contributed by atoms with Crippen LogP contribution in [0, 0.1) is 11.8 Å². The van der Waals surface area contributed by atoms with Gasteiger partial charge in [0.05, 0.1) is 0 Å². The number of nitrogens with one attached hydrogen (secondary N) is 1. The molecule has 114 valence electrons. The molecule has 3 atom stereocenters. The van der Waals surface area contributed by atoms with Gasteiger partial charge in [0.15, 0.2) is 0 Å². The highest BCUT2D eigenvalue weighted by molar-refractivity contribution is 5.86. The SMILES string of the molecule is CC1CCCC(CNC(=O)N2CCCC2(C)C(=O)O)C1. The van der Waals surface area contributed by atoms with Crippen LogP contribution in [0.2, 0.25) is 0 Å². The highest BCUT2D eigenvalue weighted by Crippen LogP contribution is 2.30. The van der Waals surface area contributed by atoms with E-state index in [0.29, 0.717) is 25.4 Å². The summed E-state index contributed by atoms with van der Waals surface area (Å²) in [4.78, 5) is 25.1. The normalized spacial score (nSPS) is 34.0. The Balaban J connectivity index is 1.87. The third-order valence-corrected chi connectivity index (χ3v) is 4.93. The van der Waals surface area contributed by atoms with Gasteiger partial charge in [0.2, 0.25) is 0 Å². The standard InChI is InChI=1S/C15H26N2O3/c1-11-5-3-6-12(9-11)10-16-14(20)17-8-4-7-15(17,2)13(18)19/h11-12H,3-10H2,1-2H3,(H,16,20)(H,18,19). The molecule has 1 aliphatic carbocycles. The van der Waals surface area contributed by atoms with Crippen LogP contribution in [-0.4, -0.2) is 40.6 Å². The van der Waals surface area contributed by atoms with E-state index >= 15 is 0 Å². The molecule has 0 spiro atoms. The first-order valence-corrected chi connectivity index (χ1v) is 7.72. The fraction of sp³-hybridized carbons (Fsp3) is 0.867. The van der Waals surface area contributed by atoms with Crippen LogP contribution >= 0.6 is 0 Å². The minimum atomic E-state index is -1.04. The van der Waals surface area contributed by atoms with Gasteiger partial charge in [-0.05, 0) is 44.4 Å². The van der Waals surface area contributed by atoms with Gasteiger partial charge in [0.25, 0.3) is 0 Å². The summed E-state index contributed by atoms with van der Waals surface area (Å²) in [6.07, 6.45) is 6.15. The van der Waals surface area contributed by atoms with E-state index in [1.165, 1.54) is 24.2 Å². The van der Waals surface area contributed by atoms with E-state index in [-0.39, 0.29) is 6.03 Å². The smallest absolute Gasteiger partial charge is 0.329 e. The Morgan fingerprint density at radius 2 is 2.10 bits per heavy atom. The van der Waals surface area contributed by atoms with E-state index in [1.54, 1.807) is 6.92 Å². The summed E-state index contributed by atoms with van der Waals surface area (Å²) in [5.74, 6) is 0.375. The van der Waals surface area contributed by atoms with Crippen LogP contribution in [0.25, 0.3) is 0 Å². The molecule has 20 heavy (non-hydrogen) atoms. The van der Waals surface area contributed by atoms with Gasteiger partial charge >= 0.3 is 12.0 Å². The van der Waals surface area contributed by atoms with Crippen molar-refractivity contribution in [1.29, 1.82) is 0 Å². The van der Waals surface area contributed by atoms with Gasteiger partial charge in [-0.25, -0.2) is 9.59 Å². The van der Waals surface area contributed by atoms with Crippen molar-refractivity contribution in [2.24, 2.45) is 11.8 Å². The first kappa shape index (κ1) is 15.1. The number of amides is 2. The maximum Gasteiger partial charge on any atom is 0.329 e. The van der Waals surface area contributed by atoms with Crippen LogP contribution in [-0.2, 0) is 4.79 Å². The highest BCUT2D eigenvalue weighted by Gasteiger charge is 2.46. The molecule has 0 radical (unpaired) electrons. The second-order valence-corrected chi connectivity index (χ2v) is 6.66. The minimum Gasteiger partial charge on any atom is -0.480 e. The van der Waals surface area contributed by atoms with E-state index in [9.17, 15) is 14.7 Å². The Morgan fingerprint density at radius 1 is 1.35 bits per heavy atom. The van der Waals surface area contributed by atoms with Crippen molar-refractivity contribution in [3.63, 3.8) is 0 Å². The molecular weight excluding hydrogens is 256 g/mol. The predicted molar refractivity (Wildman–Crippen MR) is 76.5 cm³/mol. The molecule has 0 aromatic carbocycles. The monoisotopic (exact) mass is 282 g/mol. The molecule has 2 aliphatic rings. The van der Waals surface area contributed by atoms with Crippen molar-refractivity contribution >= 4 is 12.0 Å². The van der Waals surface area contributed by atoms with Crippen molar-refractivity contribution in [3.05, 3.63) is 0 Å². The van der Waals surface area contributed by atoms with Gasteiger partial charge in [-0.2, -0.15) is 0 Å². The number of urea groups is 1. The molecule has 2 fully saturated rings. The molecule has 0 aromatic heterocycles. The number of likely N-dealkylation sites (tertiary alicyclic amines) is 1. The van der Waals surface area contributed by atoms with E-state index in [0.717, 1.165) is 18.8 Å². The molecule has 3 unspecified atom stereocenters. The highest BCUT2D eigenvalue weighted by atomic mass is 16.4. The van der Waals surface area contributed by atoms with E-state index in [4.69, 9.17) is 0 Å². The van der Waals surface area contributed by atoms with Crippen LogP contribution in [0.15, 0.2) is 0 Å². The molecule has 1 saturated heterocycles. The number of carbonyl (C=O) groups excluding carboxylic acids is 1. The van der Waals surface area contributed by atoms with E-state index in [1.807, 2.05) is 0 Å². The van der Waals surface area contributed by atoms with Crippen LogP contribution in [0.1, 0.15) is 52.4 Å². The molecule has 1 aliphatic heterocycles. The number of hydrogen-bond acceptors (Lipinski definition) is 2. The number of carboxylic acid groups (broad SMARTS) is 1. The van der Waals surface area contributed by atoms with Crippen molar-refractivity contribution in [2.45, 2.75) is 57.9 Å². The van der Waals surface area contributed by atoms with Crippen molar-refractivity contribution < 1.29 is 14.7 Å². The third kappa shape index (κ3) is 3.07. The maximum absolute atomic E-state index is 12.2. The van der Waals surface area contributed by atoms with Crippen molar-refractivity contribution in [2.75, 3.05) is 13.1 Å². The molecule has 2 N–H and O–H groups in total. The first-order chi connectivity index (χ1) is 9.43. The molecule has 1 saturated carbocycles. The topological polar surface area (TPSA) is 69.6 Å². The Labute approximate surface area is 120 Å². The third-order valence-electron chi connectivity index (χ3n) is 4.93. The Morgan fingerprint density at radius 3 is 2.75 bits per heavy atom. The van der Waals surface area contributed by atoms with Gasteiger partial charge in [-0.15, -0.1) is 0 Å². The molecular formula is C15H26N2O3. The molecule has 2 rings (SSSR count). The fourth-order valence-corrected chi connectivity index (χ4v) is 3.58. The molecule has 5 heteroatoms. The van der Waals surface area contributed by atoms with Gasteiger partial charge in [0.1, 0.15) is 5.54 Å². The molecule has 2 amide bonds. The molecule has 1 heterocycles. The number of carboxylic acids is 1. The molecule has 0 aromatic rings. The minimum absolute atomic E-state index is 0.217. The average Bonchev–Trinajstić information content (AvgIpc) is 2.80. The summed E-state index contributed by atoms with van der Waals surface area (Å²) in [6, 6.07) is -0.217. The van der Waals surface area contributed by atoms with E-state index in [2.05, 4.69) is 12.2 Å². The zero-order chi connectivity index (χ0) is 14.8. The second-order valence-electron chi connectivity index (χ2n) is 6.66. The van der Waals surface area contributed by atoms with E-state index < -0.39 is 11.5 Å². The second kappa shape index (κ2) is 6.02. The zero-order valence-electron chi connectivity index (χ0n) is 12.5. The first-order valence-electron chi connectivity index (χ1n) is 7.72. The Kier molecular flexibility index (Phi) is 4.55. The maximum atomic E-state index is 12.2. The lowest BCUT2D eigenvalue weighted by molar-refractivity contribution is -0.147.